The molecule has 2 amide bonds. The van der Waals surface area contributed by atoms with Crippen LogP contribution in [0.4, 0.5) is 16.2 Å². The maximum Gasteiger partial charge on any atom is 0.319 e. The van der Waals surface area contributed by atoms with Crippen LogP contribution in [0.2, 0.25) is 0 Å². The van der Waals surface area contributed by atoms with Crippen molar-refractivity contribution >= 4 is 27.4 Å². The van der Waals surface area contributed by atoms with Gasteiger partial charge in [-0.3, -0.25) is 4.72 Å². The number of nitrogens with one attached hydrogen (secondary N) is 3. The second kappa shape index (κ2) is 7.64. The summed E-state index contributed by atoms with van der Waals surface area (Å²) in [4.78, 5) is 11.8. The van der Waals surface area contributed by atoms with Gasteiger partial charge in [0.15, 0.2) is 0 Å². The maximum atomic E-state index is 11.8. The normalized spacial score (nSPS) is 10.8. The Morgan fingerprint density at radius 1 is 0.957 bits per heavy atom. The standard InChI is InChI=1S/C16H19N3O3S/c1-23(21,22)19-15-9-7-14(8-10-15)18-16(20)17-12-11-13-5-3-2-4-6-13/h2-10,19H,11-12H2,1H3,(H2,17,18,20). The molecule has 0 spiro atoms. The third-order valence-corrected chi connectivity index (χ3v) is 3.59. The largest absolute Gasteiger partial charge is 0.338 e. The van der Waals surface area contributed by atoms with Crippen LogP contribution in [0.15, 0.2) is 54.6 Å². The fourth-order valence-electron chi connectivity index (χ4n) is 1.98. The van der Waals surface area contributed by atoms with E-state index in [0.29, 0.717) is 17.9 Å². The maximum absolute atomic E-state index is 11.8. The number of carbonyl (C=O) groups is 1. The Morgan fingerprint density at radius 2 is 1.57 bits per heavy atom. The number of hydrogen-bond acceptors (Lipinski definition) is 3. The number of rotatable bonds is 6. The van der Waals surface area contributed by atoms with E-state index >= 15 is 0 Å². The molecule has 0 aliphatic carbocycles. The number of carbonyl (C=O) groups excluding carboxylic acids is 1. The fraction of sp³-hybridized carbons (Fsp3) is 0.188. The van der Waals surface area contributed by atoms with Gasteiger partial charge >= 0.3 is 6.03 Å². The Hall–Kier alpha value is -2.54. The lowest BCUT2D eigenvalue weighted by molar-refractivity contribution is 0.252. The zero-order valence-corrected chi connectivity index (χ0v) is 13.6. The van der Waals surface area contributed by atoms with Crippen LogP contribution >= 0.6 is 0 Å². The summed E-state index contributed by atoms with van der Waals surface area (Å²) in [6.07, 6.45) is 1.84. The van der Waals surface area contributed by atoms with E-state index < -0.39 is 10.0 Å². The number of urea groups is 1. The molecule has 7 heteroatoms. The number of sulfonamides is 1. The first-order valence-corrected chi connectivity index (χ1v) is 8.98. The van der Waals surface area contributed by atoms with Gasteiger partial charge < -0.3 is 10.6 Å². The van der Waals surface area contributed by atoms with Gasteiger partial charge in [0.2, 0.25) is 10.0 Å². The van der Waals surface area contributed by atoms with Crippen LogP contribution in [0.1, 0.15) is 5.56 Å². The van der Waals surface area contributed by atoms with E-state index in [1.807, 2.05) is 30.3 Å². The van der Waals surface area contributed by atoms with Gasteiger partial charge in [0, 0.05) is 17.9 Å². The first-order valence-electron chi connectivity index (χ1n) is 7.09. The summed E-state index contributed by atoms with van der Waals surface area (Å²) in [6.45, 7) is 0.531. The SMILES string of the molecule is CS(=O)(=O)Nc1ccc(NC(=O)NCCc2ccccc2)cc1. The van der Waals surface area contributed by atoms with Crippen molar-refractivity contribution in [1.82, 2.24) is 5.32 Å². The smallest absolute Gasteiger partial charge is 0.319 e. The van der Waals surface area contributed by atoms with Crippen molar-refractivity contribution in [3.8, 4) is 0 Å². The molecule has 0 aliphatic rings. The minimum Gasteiger partial charge on any atom is -0.338 e. The van der Waals surface area contributed by atoms with Crippen LogP contribution < -0.4 is 15.4 Å². The van der Waals surface area contributed by atoms with Crippen LogP contribution in [-0.2, 0) is 16.4 Å². The van der Waals surface area contributed by atoms with E-state index in [4.69, 9.17) is 0 Å². The van der Waals surface area contributed by atoms with E-state index in [-0.39, 0.29) is 6.03 Å². The molecular formula is C16H19N3O3S. The van der Waals surface area contributed by atoms with Gasteiger partial charge in [0.1, 0.15) is 0 Å². The molecule has 2 rings (SSSR count). The van der Waals surface area contributed by atoms with Gasteiger partial charge in [-0.2, -0.15) is 0 Å². The van der Waals surface area contributed by atoms with Gasteiger partial charge in [-0.05, 0) is 36.2 Å². The topological polar surface area (TPSA) is 87.3 Å². The molecule has 3 N–H and O–H groups in total. The van der Waals surface area contributed by atoms with Crippen molar-refractivity contribution in [2.45, 2.75) is 6.42 Å². The summed E-state index contributed by atoms with van der Waals surface area (Å²) >= 11 is 0. The van der Waals surface area contributed by atoms with Crippen LogP contribution in [0, 0.1) is 0 Å². The lowest BCUT2D eigenvalue weighted by Crippen LogP contribution is -2.30. The molecule has 0 aromatic heterocycles. The molecule has 6 nitrogen and oxygen atoms in total. The Morgan fingerprint density at radius 3 is 2.17 bits per heavy atom. The number of hydrogen-bond donors (Lipinski definition) is 3. The quantitative estimate of drug-likeness (QED) is 0.759. The van der Waals surface area contributed by atoms with Gasteiger partial charge in [-0.25, -0.2) is 13.2 Å². The highest BCUT2D eigenvalue weighted by atomic mass is 32.2. The Labute approximate surface area is 136 Å². The average molecular weight is 333 g/mol. The van der Waals surface area contributed by atoms with Crippen molar-refractivity contribution in [1.29, 1.82) is 0 Å². The molecule has 122 valence electrons. The molecule has 0 bridgehead atoms. The minimum atomic E-state index is -3.30. The third-order valence-electron chi connectivity index (χ3n) is 2.99. The molecule has 0 aliphatic heterocycles. The van der Waals surface area contributed by atoms with Gasteiger partial charge in [0.05, 0.1) is 6.26 Å². The summed E-state index contributed by atoms with van der Waals surface area (Å²) < 4.78 is 24.6. The summed E-state index contributed by atoms with van der Waals surface area (Å²) in [5, 5.41) is 5.46. The number of benzene rings is 2. The van der Waals surface area contributed by atoms with Gasteiger partial charge in [-0.1, -0.05) is 30.3 Å². The second-order valence-electron chi connectivity index (χ2n) is 5.07. The van der Waals surface area contributed by atoms with E-state index in [2.05, 4.69) is 15.4 Å². The predicted octanol–water partition coefficient (Wildman–Crippen LogP) is 2.42. The molecule has 0 fully saturated rings. The highest BCUT2D eigenvalue weighted by Gasteiger charge is 2.04. The first kappa shape index (κ1) is 16.8. The van der Waals surface area contributed by atoms with E-state index in [1.54, 1.807) is 24.3 Å². The molecule has 0 heterocycles. The summed E-state index contributed by atoms with van der Waals surface area (Å²) in [7, 11) is -3.30. The predicted molar refractivity (Wildman–Crippen MR) is 92.1 cm³/mol. The molecule has 2 aromatic rings. The zero-order valence-electron chi connectivity index (χ0n) is 12.7. The van der Waals surface area contributed by atoms with Crippen molar-refractivity contribution in [2.75, 3.05) is 22.8 Å². The molecule has 0 saturated carbocycles. The second-order valence-corrected chi connectivity index (χ2v) is 6.82. The third kappa shape index (κ3) is 6.39. The Kier molecular flexibility index (Phi) is 5.59. The lowest BCUT2D eigenvalue weighted by Gasteiger charge is -2.09. The zero-order chi connectivity index (χ0) is 16.7. The molecular weight excluding hydrogens is 314 g/mol. The monoisotopic (exact) mass is 333 g/mol. The van der Waals surface area contributed by atoms with Gasteiger partial charge in [-0.15, -0.1) is 0 Å². The summed E-state index contributed by atoms with van der Waals surface area (Å²) in [5.41, 5.74) is 2.19. The van der Waals surface area contributed by atoms with Gasteiger partial charge in [0.25, 0.3) is 0 Å². The highest BCUT2D eigenvalue weighted by molar-refractivity contribution is 7.92. The molecule has 0 radical (unpaired) electrons. The van der Waals surface area contributed by atoms with E-state index in [0.717, 1.165) is 18.2 Å². The molecule has 23 heavy (non-hydrogen) atoms. The lowest BCUT2D eigenvalue weighted by atomic mass is 10.1. The van der Waals surface area contributed by atoms with E-state index in [9.17, 15) is 13.2 Å². The molecule has 0 saturated heterocycles. The van der Waals surface area contributed by atoms with Crippen molar-refractivity contribution in [3.05, 3.63) is 60.2 Å². The molecule has 0 unspecified atom stereocenters. The first-order chi connectivity index (χ1) is 10.9. The van der Waals surface area contributed by atoms with Crippen LogP contribution in [0.25, 0.3) is 0 Å². The van der Waals surface area contributed by atoms with Crippen LogP contribution in [-0.4, -0.2) is 27.2 Å². The van der Waals surface area contributed by atoms with E-state index in [1.165, 1.54) is 0 Å². The molecule has 0 atom stereocenters. The summed E-state index contributed by atoms with van der Waals surface area (Å²) in [5.74, 6) is 0. The van der Waals surface area contributed by atoms with Crippen LogP contribution in [0.3, 0.4) is 0 Å². The minimum absolute atomic E-state index is 0.301. The van der Waals surface area contributed by atoms with Crippen molar-refractivity contribution in [2.24, 2.45) is 0 Å². The molecule has 2 aromatic carbocycles. The number of anilines is 2. The number of amides is 2. The van der Waals surface area contributed by atoms with Crippen LogP contribution in [0.5, 0.6) is 0 Å². The summed E-state index contributed by atoms with van der Waals surface area (Å²) in [6, 6.07) is 16.0. The van der Waals surface area contributed by atoms with Crippen molar-refractivity contribution in [3.63, 3.8) is 0 Å². The Balaban J connectivity index is 1.79. The average Bonchev–Trinajstić information content (AvgIpc) is 2.49. The van der Waals surface area contributed by atoms with Crippen molar-refractivity contribution < 1.29 is 13.2 Å². The highest BCUT2D eigenvalue weighted by Crippen LogP contribution is 2.14. The fourth-order valence-corrected chi connectivity index (χ4v) is 2.54. The Bertz CT molecular complexity index is 744.